The van der Waals surface area contributed by atoms with E-state index in [1.807, 2.05) is 0 Å². The van der Waals surface area contributed by atoms with Crippen molar-refractivity contribution in [2.45, 2.75) is 37.3 Å². The van der Waals surface area contributed by atoms with Gasteiger partial charge in [-0.05, 0) is 39.8 Å². The lowest BCUT2D eigenvalue weighted by atomic mass is 10.1. The highest BCUT2D eigenvalue weighted by molar-refractivity contribution is 8.45. The monoisotopic (exact) mass is 367 g/mol. The normalized spacial score (nSPS) is 18.6. The molecule has 0 radical (unpaired) electrons. The van der Waals surface area contributed by atoms with Crippen molar-refractivity contribution >= 4 is 27.3 Å². The Morgan fingerprint density at radius 2 is 1.64 bits per heavy atom. The molecule has 1 atom stereocenters. The third-order valence-electron chi connectivity index (χ3n) is 2.51. The smallest absolute Gasteiger partial charge is 0.313 e. The van der Waals surface area contributed by atoms with E-state index in [9.17, 15) is 28.4 Å². The van der Waals surface area contributed by atoms with Gasteiger partial charge in [-0.25, -0.2) is 4.39 Å². The molecule has 0 N–H and O–H groups in total. The molecule has 0 aliphatic rings. The summed E-state index contributed by atoms with van der Waals surface area (Å²) in [6.07, 6.45) is 0. The first kappa shape index (κ1) is 19.2. The van der Waals surface area contributed by atoms with Gasteiger partial charge in [0, 0.05) is 5.56 Å². The second-order valence-corrected chi connectivity index (χ2v) is 9.91. The zero-order chi connectivity index (χ0) is 17.6. The first-order valence-electron chi connectivity index (χ1n) is 5.94. The van der Waals surface area contributed by atoms with Crippen LogP contribution in [0.25, 0.3) is 0 Å². The van der Waals surface area contributed by atoms with E-state index >= 15 is 0 Å². The van der Waals surface area contributed by atoms with E-state index in [1.165, 1.54) is 0 Å². The Bertz CT molecular complexity index is 621. The topological polar surface area (TPSA) is 35.4 Å². The predicted molar refractivity (Wildman–Crippen MR) is 77.9 cm³/mol. The van der Waals surface area contributed by atoms with Gasteiger partial charge in [-0.3, -0.25) is 0 Å². The van der Waals surface area contributed by atoms with Crippen LogP contribution < -0.4 is 0 Å². The highest BCUT2D eigenvalue weighted by atomic mass is 32.5. The Morgan fingerprint density at radius 3 is 2.05 bits per heavy atom. The lowest BCUT2D eigenvalue weighted by Crippen LogP contribution is -2.27. The molecule has 0 spiro atoms. The molecule has 22 heavy (non-hydrogen) atoms. The maximum absolute atomic E-state index is 13.9. The number of halogens is 6. The van der Waals surface area contributed by atoms with Crippen molar-refractivity contribution in [3.05, 3.63) is 29.6 Å². The molecule has 0 fully saturated rings. The predicted octanol–water partition coefficient (Wildman–Crippen LogP) is 5.75. The highest BCUT2D eigenvalue weighted by Crippen LogP contribution is 3.02. The lowest BCUT2D eigenvalue weighted by molar-refractivity contribution is 0.355. The van der Waals surface area contributed by atoms with Crippen molar-refractivity contribution in [2.24, 2.45) is 4.40 Å². The maximum atomic E-state index is 13.9. The zero-order valence-corrected chi connectivity index (χ0v) is 13.8. The van der Waals surface area contributed by atoms with Crippen molar-refractivity contribution < 1.29 is 28.4 Å². The summed E-state index contributed by atoms with van der Waals surface area (Å²) in [6.45, 7) is 5.78. The van der Waals surface area contributed by atoms with Gasteiger partial charge in [0.25, 0.3) is 0 Å². The maximum Gasteiger partial charge on any atom is 0.313 e. The summed E-state index contributed by atoms with van der Waals surface area (Å²) < 4.78 is 92.3. The minimum absolute atomic E-state index is 0.0195. The minimum Gasteiger partial charge on any atom is -0.591 e. The van der Waals surface area contributed by atoms with Crippen LogP contribution in [0.4, 0.5) is 23.8 Å². The third kappa shape index (κ3) is 4.56. The standard InChI is InChI=1S/C12H15F6NOS2/c1-8(19-21(20)12(2,3)4)9-6-5-7-10(11(9)13)22(14,15,16,17)18/h5-7H,1-4H3. The van der Waals surface area contributed by atoms with Gasteiger partial charge in [-0.1, -0.05) is 29.9 Å². The Kier molecular flexibility index (Phi) is 4.19. The van der Waals surface area contributed by atoms with Crippen LogP contribution in [0.1, 0.15) is 33.3 Å². The zero-order valence-electron chi connectivity index (χ0n) is 12.2. The average molecular weight is 367 g/mol. The van der Waals surface area contributed by atoms with E-state index < -0.39 is 42.6 Å². The number of hydrogen-bond donors (Lipinski definition) is 0. The summed E-state index contributed by atoms with van der Waals surface area (Å²) in [6, 6.07) is 1.51. The van der Waals surface area contributed by atoms with Crippen LogP contribution in [-0.4, -0.2) is 15.0 Å². The van der Waals surface area contributed by atoms with Crippen molar-refractivity contribution in [1.29, 1.82) is 0 Å². The molecule has 0 heterocycles. The summed E-state index contributed by atoms with van der Waals surface area (Å²) >= 11 is -1.86. The number of hydrogen-bond acceptors (Lipinski definition) is 2. The summed E-state index contributed by atoms with van der Waals surface area (Å²) in [5, 5.41) is 0. The molecular weight excluding hydrogens is 352 g/mol. The highest BCUT2D eigenvalue weighted by Gasteiger charge is 2.67. The minimum atomic E-state index is -10.2. The van der Waals surface area contributed by atoms with Crippen molar-refractivity contribution in [1.82, 2.24) is 0 Å². The van der Waals surface area contributed by atoms with Crippen molar-refractivity contribution in [2.75, 3.05) is 0 Å². The fraction of sp³-hybridized carbons (Fsp3) is 0.417. The van der Waals surface area contributed by atoms with Crippen molar-refractivity contribution in [3.8, 4) is 0 Å². The molecule has 0 saturated carbocycles. The van der Waals surface area contributed by atoms with Crippen LogP contribution in [0, 0.1) is 5.82 Å². The van der Waals surface area contributed by atoms with E-state index in [0.29, 0.717) is 6.07 Å². The SMILES string of the molecule is CC(=N[S+]([O-])C(C)(C)C)c1cccc(S(F)(F)(F)(F)F)c1F. The average Bonchev–Trinajstić information content (AvgIpc) is 2.24. The Labute approximate surface area is 127 Å². The molecule has 2 nitrogen and oxygen atoms in total. The van der Waals surface area contributed by atoms with Crippen LogP contribution in [0.5, 0.6) is 0 Å². The summed E-state index contributed by atoms with van der Waals surface area (Å²) in [4.78, 5) is -2.60. The number of rotatable bonds is 3. The number of nitrogens with zero attached hydrogens (tertiary/aromatic N) is 1. The molecule has 0 amide bonds. The van der Waals surface area contributed by atoms with Crippen LogP contribution >= 0.6 is 10.2 Å². The molecular formula is C12H15F6NOS2. The summed E-state index contributed by atoms with van der Waals surface area (Å²) in [5.74, 6) is -2.12. The van der Waals surface area contributed by atoms with Gasteiger partial charge in [0.15, 0.2) is 5.82 Å². The van der Waals surface area contributed by atoms with Crippen LogP contribution in [0.3, 0.4) is 0 Å². The third-order valence-corrected chi connectivity index (χ3v) is 5.15. The van der Waals surface area contributed by atoms with Crippen molar-refractivity contribution in [3.63, 3.8) is 0 Å². The van der Waals surface area contributed by atoms with E-state index in [2.05, 4.69) is 4.40 Å². The second-order valence-electron chi connectivity index (χ2n) is 5.62. The van der Waals surface area contributed by atoms with E-state index in [-0.39, 0.29) is 11.8 Å². The van der Waals surface area contributed by atoms with E-state index in [4.69, 9.17) is 0 Å². The van der Waals surface area contributed by atoms with E-state index in [0.717, 1.165) is 13.0 Å². The van der Waals surface area contributed by atoms with Gasteiger partial charge in [-0.15, -0.1) is 0 Å². The molecule has 1 unspecified atom stereocenters. The Balaban J connectivity index is 3.46. The molecule has 10 heteroatoms. The fourth-order valence-electron chi connectivity index (χ4n) is 1.40. The molecule has 0 saturated heterocycles. The fourth-order valence-corrected chi connectivity index (χ4v) is 2.80. The molecule has 0 aliphatic heterocycles. The summed E-state index contributed by atoms with van der Waals surface area (Å²) in [7, 11) is -10.2. The van der Waals surface area contributed by atoms with Gasteiger partial charge in [-0.2, -0.15) is 0 Å². The van der Waals surface area contributed by atoms with Gasteiger partial charge in [0.05, 0.1) is 5.71 Å². The van der Waals surface area contributed by atoms with Gasteiger partial charge in [0.2, 0.25) is 0 Å². The second kappa shape index (κ2) is 4.81. The van der Waals surface area contributed by atoms with E-state index in [1.54, 1.807) is 20.8 Å². The first-order valence-corrected chi connectivity index (χ1v) is 8.99. The molecule has 1 aromatic rings. The van der Waals surface area contributed by atoms with Gasteiger partial charge < -0.3 is 4.55 Å². The quantitative estimate of drug-likeness (QED) is 0.380. The van der Waals surface area contributed by atoms with Gasteiger partial charge in [0.1, 0.15) is 21.0 Å². The van der Waals surface area contributed by atoms with Crippen LogP contribution in [0.2, 0.25) is 0 Å². The molecule has 0 aromatic heterocycles. The number of benzene rings is 1. The molecule has 1 aromatic carbocycles. The first-order chi connectivity index (χ1) is 9.43. The van der Waals surface area contributed by atoms with Gasteiger partial charge >= 0.3 is 10.2 Å². The molecule has 0 bridgehead atoms. The van der Waals surface area contributed by atoms with Crippen LogP contribution in [-0.2, 0) is 11.4 Å². The Hall–Kier alpha value is -0.870. The molecule has 0 aliphatic carbocycles. The molecule has 128 valence electrons. The van der Waals surface area contributed by atoms with Crippen LogP contribution in [0.15, 0.2) is 27.5 Å². The summed E-state index contributed by atoms with van der Waals surface area (Å²) in [5.41, 5.74) is -1.11. The largest absolute Gasteiger partial charge is 0.591 e. The Morgan fingerprint density at radius 1 is 1.14 bits per heavy atom. The molecule has 1 rings (SSSR count). The lowest BCUT2D eigenvalue weighted by Gasteiger charge is -2.40.